The van der Waals surface area contributed by atoms with E-state index in [4.69, 9.17) is 10.8 Å². The molecule has 86 valence electrons. The van der Waals surface area contributed by atoms with Gasteiger partial charge in [0, 0.05) is 19.6 Å². The predicted molar refractivity (Wildman–Crippen MR) is 57.6 cm³/mol. The predicted octanol–water partition coefficient (Wildman–Crippen LogP) is 0.664. The highest BCUT2D eigenvalue weighted by Crippen LogP contribution is 2.28. The number of carboxylic acid groups (broad SMARTS) is 1. The Labute approximate surface area is 90.4 Å². The molecule has 15 heavy (non-hydrogen) atoms. The second kappa shape index (κ2) is 4.10. The van der Waals surface area contributed by atoms with Gasteiger partial charge >= 0.3 is 5.97 Å². The van der Waals surface area contributed by atoms with E-state index in [1.165, 1.54) is 25.7 Å². The van der Waals surface area contributed by atoms with Crippen LogP contribution < -0.4 is 5.73 Å². The summed E-state index contributed by atoms with van der Waals surface area (Å²) in [5.41, 5.74) is 4.84. The van der Waals surface area contributed by atoms with Gasteiger partial charge in [0.1, 0.15) is 5.54 Å². The van der Waals surface area contributed by atoms with Gasteiger partial charge < -0.3 is 15.7 Å². The maximum atomic E-state index is 11.0. The summed E-state index contributed by atoms with van der Waals surface area (Å²) in [6.07, 6.45) is 5.88. The summed E-state index contributed by atoms with van der Waals surface area (Å²) < 4.78 is 0. The molecule has 0 bridgehead atoms. The van der Waals surface area contributed by atoms with E-state index in [-0.39, 0.29) is 0 Å². The second-order valence-electron chi connectivity index (χ2n) is 5.10. The number of nitrogens with two attached hydrogens (primary N) is 1. The quantitative estimate of drug-likeness (QED) is 0.721. The SMILES string of the molecule is NC1(C(=O)O)CCN(CC2CCCC2)C1. The van der Waals surface area contributed by atoms with Crippen LogP contribution in [0.2, 0.25) is 0 Å². The van der Waals surface area contributed by atoms with Crippen LogP contribution >= 0.6 is 0 Å². The van der Waals surface area contributed by atoms with Crippen LogP contribution in [0.1, 0.15) is 32.1 Å². The third-order valence-corrected chi connectivity index (χ3v) is 3.80. The average molecular weight is 212 g/mol. The lowest BCUT2D eigenvalue weighted by atomic mass is 10.0. The first-order valence-electron chi connectivity index (χ1n) is 5.85. The van der Waals surface area contributed by atoms with Crippen molar-refractivity contribution in [2.45, 2.75) is 37.6 Å². The fraction of sp³-hybridized carbons (Fsp3) is 0.909. The summed E-state index contributed by atoms with van der Waals surface area (Å²) in [6.45, 7) is 2.42. The first-order valence-corrected chi connectivity index (χ1v) is 5.85. The Balaban J connectivity index is 1.84. The second-order valence-corrected chi connectivity index (χ2v) is 5.10. The van der Waals surface area contributed by atoms with Gasteiger partial charge in [-0.05, 0) is 25.2 Å². The maximum Gasteiger partial charge on any atom is 0.325 e. The molecule has 1 aliphatic heterocycles. The van der Waals surface area contributed by atoms with Gasteiger partial charge in [0.2, 0.25) is 0 Å². The molecule has 4 heteroatoms. The molecular formula is C11H20N2O2. The highest BCUT2D eigenvalue weighted by Gasteiger charge is 2.41. The number of carboxylic acids is 1. The zero-order valence-electron chi connectivity index (χ0n) is 9.11. The summed E-state index contributed by atoms with van der Waals surface area (Å²) >= 11 is 0. The highest BCUT2D eigenvalue weighted by atomic mass is 16.4. The normalized spacial score (nSPS) is 33.7. The fourth-order valence-electron chi connectivity index (χ4n) is 2.80. The Hall–Kier alpha value is -0.610. The van der Waals surface area contributed by atoms with Crippen LogP contribution in [0.15, 0.2) is 0 Å². The van der Waals surface area contributed by atoms with Gasteiger partial charge in [-0.25, -0.2) is 0 Å². The molecule has 0 aromatic rings. The topological polar surface area (TPSA) is 66.6 Å². The lowest BCUT2D eigenvalue weighted by Crippen LogP contribution is -2.50. The van der Waals surface area contributed by atoms with Gasteiger partial charge in [-0.15, -0.1) is 0 Å². The molecule has 3 N–H and O–H groups in total. The Kier molecular flexibility index (Phi) is 2.98. The molecule has 0 aromatic heterocycles. The molecule has 2 aliphatic rings. The van der Waals surface area contributed by atoms with Crippen molar-refractivity contribution in [1.29, 1.82) is 0 Å². The molecule has 0 aromatic carbocycles. The van der Waals surface area contributed by atoms with Crippen molar-refractivity contribution in [3.8, 4) is 0 Å². The largest absolute Gasteiger partial charge is 0.480 e. The van der Waals surface area contributed by atoms with Gasteiger partial charge in [-0.3, -0.25) is 4.79 Å². The first-order chi connectivity index (χ1) is 7.10. The molecule has 2 rings (SSSR count). The van der Waals surface area contributed by atoms with Gasteiger partial charge in [-0.1, -0.05) is 12.8 Å². The van der Waals surface area contributed by atoms with Crippen molar-refractivity contribution in [3.05, 3.63) is 0 Å². The lowest BCUT2D eigenvalue weighted by molar-refractivity contribution is -0.142. The van der Waals surface area contributed by atoms with Gasteiger partial charge in [-0.2, -0.15) is 0 Å². The summed E-state index contributed by atoms with van der Waals surface area (Å²) in [6, 6.07) is 0. The summed E-state index contributed by atoms with van der Waals surface area (Å²) in [7, 11) is 0. The molecule has 1 atom stereocenters. The molecule has 1 saturated carbocycles. The molecule has 2 fully saturated rings. The molecule has 4 nitrogen and oxygen atoms in total. The average Bonchev–Trinajstić information content (AvgIpc) is 2.77. The van der Waals surface area contributed by atoms with Crippen LogP contribution in [0, 0.1) is 5.92 Å². The molecule has 0 spiro atoms. The summed E-state index contributed by atoms with van der Waals surface area (Å²) in [5.74, 6) is -0.0717. The third-order valence-electron chi connectivity index (χ3n) is 3.80. The van der Waals surface area contributed by atoms with Crippen molar-refractivity contribution >= 4 is 5.97 Å². The van der Waals surface area contributed by atoms with Crippen molar-refractivity contribution in [2.75, 3.05) is 19.6 Å². The van der Waals surface area contributed by atoms with E-state index in [1.807, 2.05) is 0 Å². The van der Waals surface area contributed by atoms with E-state index in [1.54, 1.807) is 0 Å². The van der Waals surface area contributed by atoms with Crippen molar-refractivity contribution in [1.82, 2.24) is 4.90 Å². The Bertz CT molecular complexity index is 251. The minimum absolute atomic E-state index is 0.527. The molecule has 0 radical (unpaired) electrons. The van der Waals surface area contributed by atoms with E-state index in [2.05, 4.69) is 4.90 Å². The number of carbonyl (C=O) groups is 1. The monoisotopic (exact) mass is 212 g/mol. The van der Waals surface area contributed by atoms with Gasteiger partial charge in [0.25, 0.3) is 0 Å². The number of rotatable bonds is 3. The van der Waals surface area contributed by atoms with E-state index in [0.717, 1.165) is 19.0 Å². The van der Waals surface area contributed by atoms with Crippen LogP contribution in [0.25, 0.3) is 0 Å². The van der Waals surface area contributed by atoms with Crippen molar-refractivity contribution in [2.24, 2.45) is 11.7 Å². The number of hydrogen-bond acceptors (Lipinski definition) is 3. The molecule has 1 aliphatic carbocycles. The van der Waals surface area contributed by atoms with Crippen molar-refractivity contribution < 1.29 is 9.90 Å². The molecule has 1 heterocycles. The summed E-state index contributed by atoms with van der Waals surface area (Å²) in [4.78, 5) is 13.2. The maximum absolute atomic E-state index is 11.0. The van der Waals surface area contributed by atoms with E-state index >= 15 is 0 Å². The summed E-state index contributed by atoms with van der Waals surface area (Å²) in [5, 5.41) is 9.00. The standard InChI is InChI=1S/C11H20N2O2/c12-11(10(14)15)5-6-13(8-11)7-9-3-1-2-4-9/h9H,1-8,12H2,(H,14,15). The van der Waals surface area contributed by atoms with Crippen LogP contribution in [0.4, 0.5) is 0 Å². The number of hydrogen-bond donors (Lipinski definition) is 2. The fourth-order valence-corrected chi connectivity index (χ4v) is 2.80. The van der Waals surface area contributed by atoms with E-state index in [0.29, 0.717) is 13.0 Å². The van der Waals surface area contributed by atoms with Crippen LogP contribution in [0.5, 0.6) is 0 Å². The molecule has 1 saturated heterocycles. The lowest BCUT2D eigenvalue weighted by Gasteiger charge is -2.22. The van der Waals surface area contributed by atoms with Crippen LogP contribution in [-0.2, 0) is 4.79 Å². The first kappa shape index (κ1) is 10.9. The zero-order valence-corrected chi connectivity index (χ0v) is 9.11. The van der Waals surface area contributed by atoms with Gasteiger partial charge in [0.15, 0.2) is 0 Å². The minimum atomic E-state index is -0.987. The number of aliphatic carboxylic acids is 1. The number of nitrogens with zero attached hydrogens (tertiary/aromatic N) is 1. The van der Waals surface area contributed by atoms with Crippen molar-refractivity contribution in [3.63, 3.8) is 0 Å². The van der Waals surface area contributed by atoms with Crippen LogP contribution in [-0.4, -0.2) is 41.1 Å². The van der Waals surface area contributed by atoms with Gasteiger partial charge in [0.05, 0.1) is 0 Å². The third kappa shape index (κ3) is 2.32. The Morgan fingerprint density at radius 2 is 2.13 bits per heavy atom. The highest BCUT2D eigenvalue weighted by molar-refractivity contribution is 5.79. The number of likely N-dealkylation sites (tertiary alicyclic amines) is 1. The van der Waals surface area contributed by atoms with E-state index < -0.39 is 11.5 Å². The van der Waals surface area contributed by atoms with Crippen LogP contribution in [0.3, 0.4) is 0 Å². The zero-order chi connectivity index (χ0) is 10.9. The Morgan fingerprint density at radius 1 is 1.47 bits per heavy atom. The minimum Gasteiger partial charge on any atom is -0.480 e. The Morgan fingerprint density at radius 3 is 2.67 bits per heavy atom. The smallest absolute Gasteiger partial charge is 0.325 e. The molecular weight excluding hydrogens is 192 g/mol. The molecule has 1 unspecified atom stereocenters. The molecule has 0 amide bonds. The van der Waals surface area contributed by atoms with E-state index in [9.17, 15) is 4.79 Å².